The summed E-state index contributed by atoms with van der Waals surface area (Å²) in [6.45, 7) is 1.52. The predicted molar refractivity (Wildman–Crippen MR) is 69.0 cm³/mol. The number of carboxylic acids is 1. The van der Waals surface area contributed by atoms with Crippen molar-refractivity contribution < 1.29 is 14.7 Å². The monoisotopic (exact) mass is 265 g/mol. The van der Waals surface area contributed by atoms with Crippen LogP contribution in [0.15, 0.2) is 18.2 Å². The van der Waals surface area contributed by atoms with E-state index in [4.69, 9.17) is 5.11 Å². The number of aliphatic carboxylic acids is 1. The molecule has 0 saturated carbocycles. The number of fused-ring (bicyclic) bond motifs is 1. The van der Waals surface area contributed by atoms with E-state index in [-0.39, 0.29) is 0 Å². The SMILES string of the molecule is Cc1cccc2sc(NC(=O)NCC(=O)O)nc12. The molecular formula is C11H11N3O3S. The molecular weight excluding hydrogens is 254 g/mol. The number of nitrogens with one attached hydrogen (secondary N) is 2. The van der Waals surface area contributed by atoms with Gasteiger partial charge in [0.05, 0.1) is 10.2 Å². The fourth-order valence-corrected chi connectivity index (χ4v) is 2.38. The van der Waals surface area contributed by atoms with Gasteiger partial charge in [-0.25, -0.2) is 9.78 Å². The number of urea groups is 1. The lowest BCUT2D eigenvalue weighted by Crippen LogP contribution is -2.33. The van der Waals surface area contributed by atoms with Crippen LogP contribution in [0.25, 0.3) is 10.2 Å². The van der Waals surface area contributed by atoms with E-state index in [0.717, 1.165) is 15.8 Å². The first kappa shape index (κ1) is 12.3. The van der Waals surface area contributed by atoms with Crippen LogP contribution in [0.2, 0.25) is 0 Å². The molecule has 0 radical (unpaired) electrons. The lowest BCUT2D eigenvalue weighted by molar-refractivity contribution is -0.135. The molecule has 94 valence electrons. The molecule has 0 spiro atoms. The van der Waals surface area contributed by atoms with Gasteiger partial charge in [0, 0.05) is 0 Å². The van der Waals surface area contributed by atoms with Crippen molar-refractivity contribution in [2.24, 2.45) is 0 Å². The Hall–Kier alpha value is -2.15. The second kappa shape index (κ2) is 5.01. The van der Waals surface area contributed by atoms with Crippen molar-refractivity contribution in [1.29, 1.82) is 0 Å². The molecule has 7 heteroatoms. The Kier molecular flexibility index (Phi) is 3.42. The molecule has 0 fully saturated rings. The number of rotatable bonds is 3. The molecule has 18 heavy (non-hydrogen) atoms. The number of nitrogens with zero attached hydrogens (tertiary/aromatic N) is 1. The number of anilines is 1. The third kappa shape index (κ3) is 2.75. The molecule has 0 saturated heterocycles. The molecule has 6 nitrogen and oxygen atoms in total. The third-order valence-electron chi connectivity index (χ3n) is 2.24. The van der Waals surface area contributed by atoms with Crippen LogP contribution in [0.4, 0.5) is 9.93 Å². The number of amides is 2. The molecule has 2 aromatic rings. The number of thiazole rings is 1. The first-order valence-corrected chi connectivity index (χ1v) is 6.00. The molecule has 2 amide bonds. The quantitative estimate of drug-likeness (QED) is 0.789. The van der Waals surface area contributed by atoms with Gasteiger partial charge < -0.3 is 10.4 Å². The Bertz CT molecular complexity index is 609. The van der Waals surface area contributed by atoms with Crippen LogP contribution in [0.5, 0.6) is 0 Å². The van der Waals surface area contributed by atoms with Gasteiger partial charge in [0.15, 0.2) is 5.13 Å². The average Bonchev–Trinajstić information content (AvgIpc) is 2.70. The zero-order chi connectivity index (χ0) is 13.1. The molecule has 3 N–H and O–H groups in total. The number of hydrogen-bond acceptors (Lipinski definition) is 4. The van der Waals surface area contributed by atoms with Gasteiger partial charge in [0.25, 0.3) is 0 Å². The zero-order valence-corrected chi connectivity index (χ0v) is 10.4. The highest BCUT2D eigenvalue weighted by atomic mass is 32.1. The van der Waals surface area contributed by atoms with Crippen molar-refractivity contribution in [3.05, 3.63) is 23.8 Å². The molecule has 0 bridgehead atoms. The van der Waals surface area contributed by atoms with Crippen molar-refractivity contribution in [3.63, 3.8) is 0 Å². The summed E-state index contributed by atoms with van der Waals surface area (Å²) in [5.41, 5.74) is 1.87. The van der Waals surface area contributed by atoms with E-state index in [2.05, 4.69) is 15.6 Å². The lowest BCUT2D eigenvalue weighted by Gasteiger charge is -2.01. The molecule has 0 aliphatic rings. The molecule has 0 aliphatic carbocycles. The van der Waals surface area contributed by atoms with Crippen molar-refractivity contribution in [3.8, 4) is 0 Å². The number of benzene rings is 1. The maximum atomic E-state index is 11.4. The van der Waals surface area contributed by atoms with Crippen LogP contribution in [-0.4, -0.2) is 28.6 Å². The topological polar surface area (TPSA) is 91.3 Å². The van der Waals surface area contributed by atoms with Crippen molar-refractivity contribution in [2.75, 3.05) is 11.9 Å². The van der Waals surface area contributed by atoms with Gasteiger partial charge in [-0.15, -0.1) is 0 Å². The van der Waals surface area contributed by atoms with Gasteiger partial charge in [0.1, 0.15) is 6.54 Å². The number of carbonyl (C=O) groups excluding carboxylic acids is 1. The highest BCUT2D eigenvalue weighted by molar-refractivity contribution is 7.22. The maximum Gasteiger partial charge on any atom is 0.323 e. The van der Waals surface area contributed by atoms with Gasteiger partial charge in [0.2, 0.25) is 0 Å². The van der Waals surface area contributed by atoms with Crippen LogP contribution in [0, 0.1) is 6.92 Å². The van der Waals surface area contributed by atoms with E-state index < -0.39 is 18.5 Å². The van der Waals surface area contributed by atoms with E-state index in [0.29, 0.717) is 5.13 Å². The smallest absolute Gasteiger partial charge is 0.323 e. The van der Waals surface area contributed by atoms with E-state index in [1.54, 1.807) is 0 Å². The normalized spacial score (nSPS) is 10.3. The van der Waals surface area contributed by atoms with Gasteiger partial charge in [-0.05, 0) is 18.6 Å². The van der Waals surface area contributed by atoms with Crippen LogP contribution >= 0.6 is 11.3 Å². The summed E-state index contributed by atoms with van der Waals surface area (Å²) >= 11 is 1.34. The van der Waals surface area contributed by atoms with E-state index in [1.807, 2.05) is 25.1 Å². The van der Waals surface area contributed by atoms with Gasteiger partial charge in [-0.3, -0.25) is 10.1 Å². The van der Waals surface area contributed by atoms with Gasteiger partial charge >= 0.3 is 12.0 Å². The molecule has 0 unspecified atom stereocenters. The minimum atomic E-state index is -1.09. The molecule has 0 atom stereocenters. The van der Waals surface area contributed by atoms with Crippen LogP contribution < -0.4 is 10.6 Å². The van der Waals surface area contributed by atoms with Crippen LogP contribution in [-0.2, 0) is 4.79 Å². The van der Waals surface area contributed by atoms with E-state index >= 15 is 0 Å². The van der Waals surface area contributed by atoms with Crippen molar-refractivity contribution in [2.45, 2.75) is 6.92 Å². The summed E-state index contributed by atoms with van der Waals surface area (Å²) in [7, 11) is 0. The minimum absolute atomic E-state index is 0.421. The number of para-hydroxylation sites is 1. The predicted octanol–water partition coefficient (Wildman–Crippen LogP) is 1.81. The van der Waals surface area contributed by atoms with Crippen molar-refractivity contribution in [1.82, 2.24) is 10.3 Å². The lowest BCUT2D eigenvalue weighted by atomic mass is 10.2. The fourth-order valence-electron chi connectivity index (χ4n) is 1.44. The Morgan fingerprint density at radius 2 is 2.22 bits per heavy atom. The number of aromatic nitrogens is 1. The van der Waals surface area contributed by atoms with Crippen LogP contribution in [0.3, 0.4) is 0 Å². The number of carboxylic acid groups (broad SMARTS) is 1. The fraction of sp³-hybridized carbons (Fsp3) is 0.182. The summed E-state index contributed by atoms with van der Waals surface area (Å²) in [5, 5.41) is 13.6. The number of aryl methyl sites for hydroxylation is 1. The summed E-state index contributed by atoms with van der Waals surface area (Å²) in [6, 6.07) is 5.20. The van der Waals surface area contributed by atoms with E-state index in [9.17, 15) is 9.59 Å². The zero-order valence-electron chi connectivity index (χ0n) is 9.56. The summed E-state index contributed by atoms with van der Waals surface area (Å²) in [6.07, 6.45) is 0. The highest BCUT2D eigenvalue weighted by Gasteiger charge is 2.09. The molecule has 1 aromatic carbocycles. The number of carbonyl (C=O) groups is 2. The largest absolute Gasteiger partial charge is 0.480 e. The second-order valence-corrected chi connectivity index (χ2v) is 4.67. The maximum absolute atomic E-state index is 11.4. The first-order valence-electron chi connectivity index (χ1n) is 5.19. The molecule has 1 heterocycles. The van der Waals surface area contributed by atoms with E-state index in [1.165, 1.54) is 11.3 Å². The molecule has 0 aliphatic heterocycles. The first-order chi connectivity index (χ1) is 8.56. The Labute approximate surface area is 107 Å². The summed E-state index contributed by atoms with van der Waals surface area (Å²) in [4.78, 5) is 25.9. The Balaban J connectivity index is 2.10. The average molecular weight is 265 g/mol. The van der Waals surface area contributed by atoms with Gasteiger partial charge in [-0.1, -0.05) is 23.5 Å². The van der Waals surface area contributed by atoms with Crippen LogP contribution in [0.1, 0.15) is 5.56 Å². The second-order valence-electron chi connectivity index (χ2n) is 3.64. The minimum Gasteiger partial charge on any atom is -0.480 e. The number of hydrogen-bond donors (Lipinski definition) is 3. The van der Waals surface area contributed by atoms with Crippen molar-refractivity contribution >= 4 is 38.7 Å². The highest BCUT2D eigenvalue weighted by Crippen LogP contribution is 2.27. The Morgan fingerprint density at radius 3 is 2.89 bits per heavy atom. The molecule has 2 rings (SSSR count). The summed E-state index contributed by atoms with van der Waals surface area (Å²) < 4.78 is 0.975. The molecule has 1 aromatic heterocycles. The Morgan fingerprint density at radius 1 is 1.44 bits per heavy atom. The third-order valence-corrected chi connectivity index (χ3v) is 3.18. The van der Waals surface area contributed by atoms with Gasteiger partial charge in [-0.2, -0.15) is 0 Å². The standard InChI is InChI=1S/C11H11N3O3S/c1-6-3-2-4-7-9(6)13-11(18-7)14-10(17)12-5-8(15)16/h2-4H,5H2,1H3,(H,15,16)(H2,12,13,14,17). The summed E-state index contributed by atoms with van der Waals surface area (Å²) in [5.74, 6) is -1.09.